The zero-order valence-corrected chi connectivity index (χ0v) is 6.69. The maximum absolute atomic E-state index is 3.73. The van der Waals surface area contributed by atoms with Crippen molar-refractivity contribution in [3.05, 3.63) is 12.7 Å². The van der Waals surface area contributed by atoms with E-state index >= 15 is 0 Å². The van der Waals surface area contributed by atoms with Crippen LogP contribution in [-0.4, -0.2) is 0 Å². The molecular weight excluding hydrogens is 108 g/mol. The molecule has 0 aliphatic rings. The predicted molar refractivity (Wildman–Crippen MR) is 43.5 cm³/mol. The maximum Gasteiger partial charge on any atom is -0.0325 e. The number of rotatable bonds is 5. The molecule has 0 aliphatic heterocycles. The fourth-order valence-electron chi connectivity index (χ4n) is 1.13. The Morgan fingerprint density at radius 1 is 1.44 bits per heavy atom. The van der Waals surface area contributed by atoms with Crippen molar-refractivity contribution >= 4 is 0 Å². The Kier molecular flexibility index (Phi) is 5.70. The molecule has 0 rings (SSSR count). The molecule has 0 fully saturated rings. The van der Waals surface area contributed by atoms with E-state index in [1.807, 2.05) is 6.08 Å². The molecule has 54 valence electrons. The second-order valence-corrected chi connectivity index (χ2v) is 2.59. The molecule has 0 radical (unpaired) electrons. The number of allylic oxidation sites excluding steroid dienone is 1. The van der Waals surface area contributed by atoms with Gasteiger partial charge in [0.15, 0.2) is 0 Å². The number of hydrogen-bond donors (Lipinski definition) is 0. The summed E-state index contributed by atoms with van der Waals surface area (Å²) >= 11 is 0. The first-order valence-corrected chi connectivity index (χ1v) is 3.96. The Balaban J connectivity index is 3.28. The van der Waals surface area contributed by atoms with Gasteiger partial charge in [0.1, 0.15) is 0 Å². The van der Waals surface area contributed by atoms with Crippen LogP contribution in [0.15, 0.2) is 12.7 Å². The molecule has 0 aromatic carbocycles. The van der Waals surface area contributed by atoms with Crippen LogP contribution in [0.25, 0.3) is 0 Å². The first-order valence-electron chi connectivity index (χ1n) is 3.96. The van der Waals surface area contributed by atoms with Gasteiger partial charge < -0.3 is 0 Å². The highest BCUT2D eigenvalue weighted by Crippen LogP contribution is 2.14. The van der Waals surface area contributed by atoms with Gasteiger partial charge in [-0.3, -0.25) is 0 Å². The maximum atomic E-state index is 3.73. The van der Waals surface area contributed by atoms with Gasteiger partial charge in [-0.1, -0.05) is 39.2 Å². The zero-order valence-electron chi connectivity index (χ0n) is 6.69. The van der Waals surface area contributed by atoms with Crippen LogP contribution < -0.4 is 0 Å². The summed E-state index contributed by atoms with van der Waals surface area (Å²) in [6, 6.07) is 0. The van der Waals surface area contributed by atoms with E-state index in [2.05, 4.69) is 20.4 Å². The lowest BCUT2D eigenvalue weighted by molar-refractivity contribution is 0.470. The summed E-state index contributed by atoms with van der Waals surface area (Å²) in [6.45, 7) is 8.23. The van der Waals surface area contributed by atoms with Crippen LogP contribution in [0.4, 0.5) is 0 Å². The molecule has 0 bridgehead atoms. The van der Waals surface area contributed by atoms with Crippen LogP contribution in [0.2, 0.25) is 0 Å². The first kappa shape index (κ1) is 8.74. The van der Waals surface area contributed by atoms with Crippen LogP contribution in [0, 0.1) is 5.92 Å². The molecule has 1 unspecified atom stereocenters. The van der Waals surface area contributed by atoms with Crippen molar-refractivity contribution in [3.8, 4) is 0 Å². The van der Waals surface area contributed by atoms with Crippen LogP contribution in [-0.2, 0) is 0 Å². The summed E-state index contributed by atoms with van der Waals surface area (Å²) in [5, 5.41) is 0. The molecule has 0 amide bonds. The van der Waals surface area contributed by atoms with Crippen molar-refractivity contribution in [2.24, 2.45) is 5.92 Å². The van der Waals surface area contributed by atoms with Crippen LogP contribution in [0.1, 0.15) is 39.5 Å². The van der Waals surface area contributed by atoms with E-state index < -0.39 is 0 Å². The van der Waals surface area contributed by atoms with Crippen molar-refractivity contribution in [1.29, 1.82) is 0 Å². The third-order valence-electron chi connectivity index (χ3n) is 1.77. The molecule has 0 aliphatic carbocycles. The third kappa shape index (κ3) is 4.26. The Bertz CT molecular complexity index is 64.4. The summed E-state index contributed by atoms with van der Waals surface area (Å²) in [4.78, 5) is 0. The minimum absolute atomic E-state index is 0.896. The Morgan fingerprint density at radius 2 is 2.11 bits per heavy atom. The van der Waals surface area contributed by atoms with Gasteiger partial charge in [0.05, 0.1) is 0 Å². The molecule has 0 saturated carbocycles. The molecule has 0 aromatic heterocycles. The molecule has 0 N–H and O–H groups in total. The topological polar surface area (TPSA) is 0 Å². The molecule has 0 nitrogen and oxygen atoms in total. The lowest BCUT2D eigenvalue weighted by atomic mass is 9.97. The van der Waals surface area contributed by atoms with Crippen LogP contribution in [0.5, 0.6) is 0 Å². The van der Waals surface area contributed by atoms with Gasteiger partial charge in [-0.2, -0.15) is 0 Å². The van der Waals surface area contributed by atoms with Crippen molar-refractivity contribution < 1.29 is 0 Å². The highest BCUT2D eigenvalue weighted by molar-refractivity contribution is 4.71. The summed E-state index contributed by atoms with van der Waals surface area (Å²) in [5.41, 5.74) is 0. The van der Waals surface area contributed by atoms with Crippen LogP contribution in [0.3, 0.4) is 0 Å². The second kappa shape index (κ2) is 5.87. The number of hydrogen-bond acceptors (Lipinski definition) is 0. The van der Waals surface area contributed by atoms with E-state index in [9.17, 15) is 0 Å². The van der Waals surface area contributed by atoms with Crippen LogP contribution >= 0.6 is 0 Å². The Hall–Kier alpha value is -0.260. The SMILES string of the molecule is C=CCC(CC)CCC. The predicted octanol–water partition coefficient (Wildman–Crippen LogP) is 3.39. The normalized spacial score (nSPS) is 13.1. The summed E-state index contributed by atoms with van der Waals surface area (Å²) in [7, 11) is 0. The van der Waals surface area contributed by atoms with Gasteiger partial charge >= 0.3 is 0 Å². The molecular formula is C9H18. The fraction of sp³-hybridized carbons (Fsp3) is 0.778. The van der Waals surface area contributed by atoms with Gasteiger partial charge in [0.25, 0.3) is 0 Å². The molecule has 0 heteroatoms. The minimum Gasteiger partial charge on any atom is -0.103 e. The standard InChI is InChI=1S/C9H18/c1-4-7-9(6-3)8-5-2/h4,9H,1,5-8H2,2-3H3. The van der Waals surface area contributed by atoms with Gasteiger partial charge in [-0.05, 0) is 12.3 Å². The lowest BCUT2D eigenvalue weighted by Gasteiger charge is -2.09. The largest absolute Gasteiger partial charge is 0.103 e. The highest BCUT2D eigenvalue weighted by Gasteiger charge is 2.00. The van der Waals surface area contributed by atoms with E-state index in [0.717, 1.165) is 5.92 Å². The van der Waals surface area contributed by atoms with Crippen molar-refractivity contribution in [2.45, 2.75) is 39.5 Å². The lowest BCUT2D eigenvalue weighted by Crippen LogP contribution is -1.94. The minimum atomic E-state index is 0.896. The summed E-state index contributed by atoms with van der Waals surface area (Å²) < 4.78 is 0. The molecule has 1 atom stereocenters. The summed E-state index contributed by atoms with van der Waals surface area (Å²) in [5.74, 6) is 0.896. The Morgan fingerprint density at radius 3 is 2.44 bits per heavy atom. The van der Waals surface area contributed by atoms with E-state index in [0.29, 0.717) is 0 Å². The van der Waals surface area contributed by atoms with Gasteiger partial charge in [0, 0.05) is 0 Å². The average Bonchev–Trinajstić information content (AvgIpc) is 1.88. The first-order chi connectivity index (χ1) is 4.35. The Labute approximate surface area is 59.0 Å². The molecule has 0 aromatic rings. The van der Waals surface area contributed by atoms with Gasteiger partial charge in [-0.15, -0.1) is 6.58 Å². The molecule has 0 saturated heterocycles. The molecule has 9 heavy (non-hydrogen) atoms. The van der Waals surface area contributed by atoms with Crippen molar-refractivity contribution in [2.75, 3.05) is 0 Å². The van der Waals surface area contributed by atoms with Crippen molar-refractivity contribution in [3.63, 3.8) is 0 Å². The van der Waals surface area contributed by atoms with E-state index in [4.69, 9.17) is 0 Å². The molecule has 0 spiro atoms. The van der Waals surface area contributed by atoms with Gasteiger partial charge in [0.2, 0.25) is 0 Å². The van der Waals surface area contributed by atoms with E-state index in [1.165, 1.54) is 25.7 Å². The third-order valence-corrected chi connectivity index (χ3v) is 1.77. The second-order valence-electron chi connectivity index (χ2n) is 2.59. The molecule has 0 heterocycles. The van der Waals surface area contributed by atoms with Gasteiger partial charge in [-0.25, -0.2) is 0 Å². The van der Waals surface area contributed by atoms with E-state index in [1.54, 1.807) is 0 Å². The average molecular weight is 126 g/mol. The summed E-state index contributed by atoms with van der Waals surface area (Å²) in [6.07, 6.45) is 7.21. The van der Waals surface area contributed by atoms with E-state index in [-0.39, 0.29) is 0 Å². The van der Waals surface area contributed by atoms with Crippen molar-refractivity contribution in [1.82, 2.24) is 0 Å². The smallest absolute Gasteiger partial charge is 0.0325 e. The fourth-order valence-corrected chi connectivity index (χ4v) is 1.13. The zero-order chi connectivity index (χ0) is 7.11. The monoisotopic (exact) mass is 126 g/mol. The highest BCUT2D eigenvalue weighted by atomic mass is 14.1. The quantitative estimate of drug-likeness (QED) is 0.495.